The first-order valence-corrected chi connectivity index (χ1v) is 17.4. The second kappa shape index (κ2) is 12.7. The molecule has 0 radical (unpaired) electrons. The van der Waals surface area contributed by atoms with E-state index in [0.29, 0.717) is 35.8 Å². The molecule has 0 heterocycles. The third-order valence-electron chi connectivity index (χ3n) is 11.9. The third kappa shape index (κ3) is 6.41. The Labute approximate surface area is 264 Å². The van der Waals surface area contributed by atoms with Crippen LogP contribution in [-0.4, -0.2) is 6.10 Å². The van der Waals surface area contributed by atoms with Gasteiger partial charge >= 0.3 is 6.11 Å². The highest BCUT2D eigenvalue weighted by Crippen LogP contribution is 2.46. The maximum absolute atomic E-state index is 15.8. The number of hydrogen-bond acceptors (Lipinski definition) is 1. The fourth-order valence-corrected chi connectivity index (χ4v) is 8.77. The van der Waals surface area contributed by atoms with Crippen molar-refractivity contribution in [3.63, 3.8) is 0 Å². The van der Waals surface area contributed by atoms with E-state index < -0.39 is 12.2 Å². The number of hydrogen-bond donors (Lipinski definition) is 0. The van der Waals surface area contributed by atoms with Crippen LogP contribution in [0.1, 0.15) is 133 Å². The Bertz CT molecular complexity index is 1440. The fourth-order valence-electron chi connectivity index (χ4n) is 8.77. The molecule has 0 bridgehead atoms. The number of alkyl halides is 2. The van der Waals surface area contributed by atoms with Gasteiger partial charge in [-0.05, 0) is 172 Å². The summed E-state index contributed by atoms with van der Waals surface area (Å²) < 4.78 is 37.2. The van der Waals surface area contributed by atoms with E-state index in [9.17, 15) is 0 Å². The largest absolute Gasteiger partial charge is 0.384 e. The number of benzene rings is 3. The van der Waals surface area contributed by atoms with Gasteiger partial charge in [0.2, 0.25) is 0 Å². The SMILES string of the molecule is Cc1cc(C2CCC(C3CCC3)CC2)ccc1-c1cc(C)c(C(F)(F)OC2CCC(c3cc(C)c(C)c(C)c3)CC2)c(C)c1. The zero-order valence-electron chi connectivity index (χ0n) is 27.9. The molecular weight excluding hydrogens is 546 g/mol. The summed E-state index contributed by atoms with van der Waals surface area (Å²) in [5, 5.41) is 0. The fraction of sp³-hybridized carbons (Fsp3) is 0.561. The van der Waals surface area contributed by atoms with Crippen molar-refractivity contribution in [2.24, 2.45) is 11.8 Å². The van der Waals surface area contributed by atoms with Crippen LogP contribution < -0.4 is 0 Å². The lowest BCUT2D eigenvalue weighted by Gasteiger charge is -2.38. The molecule has 0 spiro atoms. The van der Waals surface area contributed by atoms with Crippen LogP contribution in [0.5, 0.6) is 0 Å². The van der Waals surface area contributed by atoms with E-state index in [1.807, 2.05) is 26.0 Å². The quantitative estimate of drug-likeness (QED) is 0.263. The first-order chi connectivity index (χ1) is 21.0. The highest BCUT2D eigenvalue weighted by Gasteiger charge is 2.40. The summed E-state index contributed by atoms with van der Waals surface area (Å²) in [6, 6.07) is 15.3. The molecule has 3 aliphatic rings. The summed E-state index contributed by atoms with van der Waals surface area (Å²) in [7, 11) is 0. The molecule has 3 heteroatoms. The maximum atomic E-state index is 15.8. The molecule has 236 valence electrons. The van der Waals surface area contributed by atoms with E-state index in [2.05, 4.69) is 58.0 Å². The molecule has 0 aromatic heterocycles. The molecule has 0 atom stereocenters. The number of rotatable bonds is 7. The first kappa shape index (κ1) is 31.5. The molecule has 3 aromatic carbocycles. The average molecular weight is 599 g/mol. The van der Waals surface area contributed by atoms with Crippen molar-refractivity contribution in [2.75, 3.05) is 0 Å². The summed E-state index contributed by atoms with van der Waals surface area (Å²) in [5.41, 5.74) is 11.4. The normalized spacial score (nSPS) is 24.7. The van der Waals surface area contributed by atoms with Gasteiger partial charge in [0.25, 0.3) is 0 Å². The van der Waals surface area contributed by atoms with Gasteiger partial charge in [-0.3, -0.25) is 0 Å². The van der Waals surface area contributed by atoms with E-state index in [4.69, 9.17) is 4.74 Å². The van der Waals surface area contributed by atoms with Gasteiger partial charge in [-0.15, -0.1) is 0 Å². The van der Waals surface area contributed by atoms with Crippen LogP contribution >= 0.6 is 0 Å². The van der Waals surface area contributed by atoms with Crippen molar-refractivity contribution in [1.29, 1.82) is 0 Å². The van der Waals surface area contributed by atoms with Crippen LogP contribution in [0, 0.1) is 53.4 Å². The first-order valence-electron chi connectivity index (χ1n) is 17.4. The van der Waals surface area contributed by atoms with Gasteiger partial charge < -0.3 is 4.74 Å². The van der Waals surface area contributed by atoms with Gasteiger partial charge in [-0.2, -0.15) is 8.78 Å². The Morgan fingerprint density at radius 2 is 1.09 bits per heavy atom. The molecular formula is C41H52F2O. The molecule has 3 saturated carbocycles. The standard InChI is InChI=1S/C41H52F2O/c1-25-20-36(21-26(2)30(25)6)34-14-17-38(18-15-34)44-41(42,43)40-28(4)23-37(24-29(40)5)39-19-16-35(22-27(39)3)33-12-10-32(11-13-33)31-8-7-9-31/h16,19-24,31-34,38H,7-15,17-18H2,1-6H3. The predicted molar refractivity (Wildman–Crippen MR) is 179 cm³/mol. The Kier molecular flexibility index (Phi) is 9.08. The molecule has 0 saturated heterocycles. The third-order valence-corrected chi connectivity index (χ3v) is 11.9. The summed E-state index contributed by atoms with van der Waals surface area (Å²) >= 11 is 0. The molecule has 3 fully saturated rings. The Balaban J connectivity index is 1.11. The van der Waals surface area contributed by atoms with Crippen molar-refractivity contribution in [3.8, 4) is 11.1 Å². The lowest BCUT2D eigenvalue weighted by Crippen LogP contribution is -2.30. The second-order valence-corrected chi connectivity index (χ2v) is 14.8. The molecule has 44 heavy (non-hydrogen) atoms. The number of ether oxygens (including phenoxy) is 1. The monoisotopic (exact) mass is 598 g/mol. The smallest absolute Gasteiger partial charge is 0.313 e. The van der Waals surface area contributed by atoms with Crippen molar-refractivity contribution in [3.05, 3.63) is 92.5 Å². The summed E-state index contributed by atoms with van der Waals surface area (Å²) in [6.45, 7) is 12.3. The van der Waals surface area contributed by atoms with Crippen LogP contribution in [0.4, 0.5) is 8.78 Å². The Hall–Kier alpha value is -2.52. The minimum Gasteiger partial charge on any atom is -0.313 e. The average Bonchev–Trinajstić information content (AvgIpc) is 2.94. The molecule has 3 aromatic rings. The minimum absolute atomic E-state index is 0.0330. The van der Waals surface area contributed by atoms with E-state index in [1.165, 1.54) is 78.3 Å². The number of halogens is 2. The van der Waals surface area contributed by atoms with Gasteiger partial charge in [0.1, 0.15) is 0 Å². The second-order valence-electron chi connectivity index (χ2n) is 14.8. The van der Waals surface area contributed by atoms with Crippen molar-refractivity contribution >= 4 is 0 Å². The van der Waals surface area contributed by atoms with Crippen molar-refractivity contribution in [2.45, 2.75) is 136 Å². The van der Waals surface area contributed by atoms with Crippen LogP contribution in [0.15, 0.2) is 42.5 Å². The Morgan fingerprint density at radius 3 is 1.64 bits per heavy atom. The zero-order valence-corrected chi connectivity index (χ0v) is 27.9. The number of aryl methyl sites for hydroxylation is 5. The van der Waals surface area contributed by atoms with Crippen LogP contribution in [0.25, 0.3) is 11.1 Å². The van der Waals surface area contributed by atoms with Crippen molar-refractivity contribution < 1.29 is 13.5 Å². The summed E-state index contributed by atoms with van der Waals surface area (Å²) in [4.78, 5) is 0. The molecule has 3 aliphatic carbocycles. The molecule has 0 N–H and O–H groups in total. The Morgan fingerprint density at radius 1 is 0.568 bits per heavy atom. The molecule has 0 amide bonds. The van der Waals surface area contributed by atoms with Crippen LogP contribution in [-0.2, 0) is 10.8 Å². The van der Waals surface area contributed by atoms with E-state index in [0.717, 1.165) is 35.8 Å². The molecule has 0 aliphatic heterocycles. The highest BCUT2D eigenvalue weighted by molar-refractivity contribution is 5.70. The predicted octanol–water partition coefficient (Wildman–Crippen LogP) is 12.1. The van der Waals surface area contributed by atoms with Crippen molar-refractivity contribution in [1.82, 2.24) is 0 Å². The molecule has 1 nitrogen and oxygen atoms in total. The highest BCUT2D eigenvalue weighted by atomic mass is 19.3. The summed E-state index contributed by atoms with van der Waals surface area (Å²) in [6.07, 6.45) is 9.06. The molecule has 0 unspecified atom stereocenters. The van der Waals surface area contributed by atoms with Gasteiger partial charge in [0.15, 0.2) is 0 Å². The van der Waals surface area contributed by atoms with E-state index >= 15 is 8.78 Å². The topological polar surface area (TPSA) is 9.23 Å². The molecule has 6 rings (SSSR count). The van der Waals surface area contributed by atoms with Gasteiger partial charge in [0, 0.05) is 0 Å². The van der Waals surface area contributed by atoms with Crippen LogP contribution in [0.2, 0.25) is 0 Å². The van der Waals surface area contributed by atoms with E-state index in [1.54, 1.807) is 0 Å². The maximum Gasteiger partial charge on any atom is 0.384 e. The lowest BCUT2D eigenvalue weighted by molar-refractivity contribution is -0.277. The summed E-state index contributed by atoms with van der Waals surface area (Å²) in [5.74, 6) is 3.02. The van der Waals surface area contributed by atoms with Crippen LogP contribution in [0.3, 0.4) is 0 Å². The van der Waals surface area contributed by atoms with Gasteiger partial charge in [0.05, 0.1) is 11.7 Å². The zero-order chi connectivity index (χ0) is 31.2. The van der Waals surface area contributed by atoms with Gasteiger partial charge in [-0.1, -0.05) is 61.7 Å². The van der Waals surface area contributed by atoms with E-state index in [-0.39, 0.29) is 5.56 Å². The lowest BCUT2D eigenvalue weighted by atomic mass is 9.67. The minimum atomic E-state index is -3.31. The van der Waals surface area contributed by atoms with Gasteiger partial charge in [-0.25, -0.2) is 0 Å².